The molecule has 1 aliphatic rings. The predicted octanol–water partition coefficient (Wildman–Crippen LogP) is 4.66. The summed E-state index contributed by atoms with van der Waals surface area (Å²) in [6, 6.07) is 10.5. The molecular formula is C26H30F3N5O3. The summed E-state index contributed by atoms with van der Waals surface area (Å²) in [5.41, 5.74) is 2.60. The first-order chi connectivity index (χ1) is 17.6. The van der Waals surface area contributed by atoms with E-state index in [4.69, 9.17) is 4.74 Å². The Hall–Kier alpha value is -3.60. The molecule has 11 heteroatoms. The van der Waals surface area contributed by atoms with Crippen LogP contribution in [-0.4, -0.2) is 63.6 Å². The van der Waals surface area contributed by atoms with Crippen molar-refractivity contribution in [3.8, 4) is 28.6 Å². The number of aromatic nitrogens is 3. The first-order valence-corrected chi connectivity index (χ1v) is 12.1. The van der Waals surface area contributed by atoms with E-state index < -0.39 is 18.6 Å². The van der Waals surface area contributed by atoms with Crippen molar-refractivity contribution < 1.29 is 27.8 Å². The van der Waals surface area contributed by atoms with Crippen LogP contribution in [0, 0.1) is 0 Å². The molecule has 4 rings (SSSR count). The lowest BCUT2D eigenvalue weighted by Gasteiger charge is -2.17. The van der Waals surface area contributed by atoms with Crippen LogP contribution in [0.4, 0.5) is 13.2 Å². The Kier molecular flexibility index (Phi) is 7.72. The number of phenolic OH excluding ortho intramolecular Hbond substituents is 1. The lowest BCUT2D eigenvalue weighted by molar-refractivity contribution is -0.123. The molecule has 0 radical (unpaired) electrons. The molecule has 0 spiro atoms. The third-order valence-electron chi connectivity index (χ3n) is 6.33. The summed E-state index contributed by atoms with van der Waals surface area (Å²) in [6.45, 7) is 5.27. The highest BCUT2D eigenvalue weighted by Crippen LogP contribution is 2.38. The number of benzene rings is 2. The molecule has 0 bridgehead atoms. The molecule has 2 heterocycles. The minimum Gasteiger partial charge on any atom is -0.507 e. The Labute approximate surface area is 213 Å². The van der Waals surface area contributed by atoms with Gasteiger partial charge < -0.3 is 15.2 Å². The molecule has 0 atom stereocenters. The van der Waals surface area contributed by atoms with Crippen molar-refractivity contribution in [1.82, 2.24) is 25.0 Å². The van der Waals surface area contributed by atoms with Gasteiger partial charge in [0, 0.05) is 18.3 Å². The first kappa shape index (κ1) is 26.5. The van der Waals surface area contributed by atoms with E-state index in [0.717, 1.165) is 30.8 Å². The van der Waals surface area contributed by atoms with Gasteiger partial charge in [-0.05, 0) is 61.2 Å². The number of carbonyl (C=O) groups excluding carboxylic acids is 1. The van der Waals surface area contributed by atoms with E-state index in [1.165, 1.54) is 30.6 Å². The quantitative estimate of drug-likeness (QED) is 0.452. The summed E-state index contributed by atoms with van der Waals surface area (Å²) < 4.78 is 45.1. The van der Waals surface area contributed by atoms with E-state index in [-0.39, 0.29) is 28.9 Å². The SMILES string of the molecule is COc1cc(O)c(-c2nnc(C(=O)NCC(F)(F)F)n2-c2ccc(CN3CCCC3)cc2)cc1C(C)C. The molecule has 1 fully saturated rings. The van der Waals surface area contributed by atoms with E-state index in [1.807, 2.05) is 31.3 Å². The van der Waals surface area contributed by atoms with E-state index >= 15 is 0 Å². The summed E-state index contributed by atoms with van der Waals surface area (Å²) in [4.78, 5) is 15.1. The lowest BCUT2D eigenvalue weighted by atomic mass is 9.98. The fourth-order valence-electron chi connectivity index (χ4n) is 4.45. The van der Waals surface area contributed by atoms with Crippen molar-refractivity contribution in [2.75, 3.05) is 26.7 Å². The highest BCUT2D eigenvalue weighted by Gasteiger charge is 2.30. The van der Waals surface area contributed by atoms with Crippen molar-refractivity contribution in [2.24, 2.45) is 0 Å². The largest absolute Gasteiger partial charge is 0.507 e. The second kappa shape index (κ2) is 10.8. The van der Waals surface area contributed by atoms with E-state index in [0.29, 0.717) is 11.4 Å². The molecule has 37 heavy (non-hydrogen) atoms. The number of aromatic hydroxyl groups is 1. The first-order valence-electron chi connectivity index (χ1n) is 12.1. The zero-order chi connectivity index (χ0) is 26.7. The van der Waals surface area contributed by atoms with Crippen LogP contribution in [0.15, 0.2) is 36.4 Å². The van der Waals surface area contributed by atoms with E-state index in [1.54, 1.807) is 18.2 Å². The van der Waals surface area contributed by atoms with Gasteiger partial charge in [0.2, 0.25) is 5.82 Å². The van der Waals surface area contributed by atoms with Crippen LogP contribution in [0.5, 0.6) is 11.5 Å². The number of hydrogen-bond acceptors (Lipinski definition) is 6. The minimum absolute atomic E-state index is 0.0325. The molecular weight excluding hydrogens is 487 g/mol. The van der Waals surface area contributed by atoms with Crippen molar-refractivity contribution in [3.05, 3.63) is 53.3 Å². The Morgan fingerprint density at radius 2 is 1.81 bits per heavy atom. The molecule has 1 saturated heterocycles. The fourth-order valence-corrected chi connectivity index (χ4v) is 4.45. The molecule has 2 N–H and O–H groups in total. The predicted molar refractivity (Wildman–Crippen MR) is 132 cm³/mol. The smallest absolute Gasteiger partial charge is 0.405 e. The number of carbonyl (C=O) groups is 1. The van der Waals surface area contributed by atoms with Gasteiger partial charge in [0.05, 0.1) is 12.7 Å². The van der Waals surface area contributed by atoms with Crippen LogP contribution in [0.1, 0.15) is 54.4 Å². The Morgan fingerprint density at radius 1 is 1.14 bits per heavy atom. The van der Waals surface area contributed by atoms with Crippen LogP contribution in [-0.2, 0) is 6.54 Å². The average Bonchev–Trinajstić information content (AvgIpc) is 3.52. The van der Waals surface area contributed by atoms with Crippen molar-refractivity contribution in [3.63, 3.8) is 0 Å². The minimum atomic E-state index is -4.58. The highest BCUT2D eigenvalue weighted by atomic mass is 19.4. The normalized spacial score (nSPS) is 14.4. The van der Waals surface area contributed by atoms with Gasteiger partial charge in [-0.25, -0.2) is 0 Å². The molecule has 8 nitrogen and oxygen atoms in total. The van der Waals surface area contributed by atoms with E-state index in [9.17, 15) is 23.1 Å². The molecule has 1 amide bonds. The monoisotopic (exact) mass is 517 g/mol. The number of ether oxygens (including phenoxy) is 1. The van der Waals surface area contributed by atoms with Gasteiger partial charge in [-0.3, -0.25) is 14.3 Å². The molecule has 0 unspecified atom stereocenters. The molecule has 3 aromatic rings. The second-order valence-corrected chi connectivity index (χ2v) is 9.40. The molecule has 0 aliphatic carbocycles. The van der Waals surface area contributed by atoms with Crippen LogP contribution in [0.2, 0.25) is 0 Å². The zero-order valence-corrected chi connectivity index (χ0v) is 21.0. The lowest BCUT2D eigenvalue weighted by Crippen LogP contribution is -2.35. The van der Waals surface area contributed by atoms with Gasteiger partial charge >= 0.3 is 6.18 Å². The summed E-state index contributed by atoms with van der Waals surface area (Å²) in [5.74, 6) is -0.890. The summed E-state index contributed by atoms with van der Waals surface area (Å²) >= 11 is 0. The van der Waals surface area contributed by atoms with Crippen molar-refractivity contribution in [1.29, 1.82) is 0 Å². The third kappa shape index (κ3) is 6.04. The van der Waals surface area contributed by atoms with Gasteiger partial charge in [-0.2, -0.15) is 13.2 Å². The van der Waals surface area contributed by atoms with Gasteiger partial charge in [0.25, 0.3) is 5.91 Å². The molecule has 2 aromatic carbocycles. The third-order valence-corrected chi connectivity index (χ3v) is 6.33. The van der Waals surface area contributed by atoms with Crippen molar-refractivity contribution in [2.45, 2.75) is 45.3 Å². The molecule has 1 aliphatic heterocycles. The average molecular weight is 518 g/mol. The number of likely N-dealkylation sites (tertiary alicyclic amines) is 1. The maximum absolute atomic E-state index is 12.8. The zero-order valence-electron chi connectivity index (χ0n) is 21.0. The maximum atomic E-state index is 12.8. The molecule has 1 aromatic heterocycles. The van der Waals surface area contributed by atoms with Crippen LogP contribution >= 0.6 is 0 Å². The van der Waals surface area contributed by atoms with Gasteiger partial charge in [-0.15, -0.1) is 10.2 Å². The number of alkyl halides is 3. The molecule has 0 saturated carbocycles. The second-order valence-electron chi connectivity index (χ2n) is 9.40. The van der Waals surface area contributed by atoms with Crippen LogP contribution in [0.25, 0.3) is 17.1 Å². The number of nitrogens with one attached hydrogen (secondary N) is 1. The van der Waals surface area contributed by atoms with Crippen LogP contribution < -0.4 is 10.1 Å². The standard InChI is InChI=1S/C26H30F3N5O3/c1-16(2)19-12-20(21(35)13-22(19)37-3)23-31-32-24(25(36)30-15-26(27,28)29)34(23)18-8-6-17(7-9-18)14-33-10-4-5-11-33/h6-9,12-13,16,35H,4-5,10-11,14-15H2,1-3H3,(H,30,36). The summed E-state index contributed by atoms with van der Waals surface area (Å²) in [6.07, 6.45) is -2.24. The number of amides is 1. The Morgan fingerprint density at radius 3 is 2.41 bits per heavy atom. The topological polar surface area (TPSA) is 92.5 Å². The van der Waals surface area contributed by atoms with Gasteiger partial charge in [-0.1, -0.05) is 26.0 Å². The number of methoxy groups -OCH3 is 1. The maximum Gasteiger partial charge on any atom is 0.405 e. The molecule has 198 valence electrons. The van der Waals surface area contributed by atoms with Gasteiger partial charge in [0.15, 0.2) is 5.82 Å². The highest BCUT2D eigenvalue weighted by molar-refractivity contribution is 5.92. The van der Waals surface area contributed by atoms with E-state index in [2.05, 4.69) is 15.1 Å². The number of halogens is 3. The summed E-state index contributed by atoms with van der Waals surface area (Å²) in [7, 11) is 1.50. The fraction of sp³-hybridized carbons (Fsp3) is 0.423. The Balaban J connectivity index is 1.78. The number of phenols is 1. The number of nitrogens with zero attached hydrogens (tertiary/aromatic N) is 4. The Bertz CT molecular complexity index is 1250. The number of rotatable bonds is 8. The summed E-state index contributed by atoms with van der Waals surface area (Å²) in [5, 5.41) is 20.7. The number of hydrogen-bond donors (Lipinski definition) is 2. The van der Waals surface area contributed by atoms with Crippen LogP contribution in [0.3, 0.4) is 0 Å². The van der Waals surface area contributed by atoms with Gasteiger partial charge in [0.1, 0.15) is 18.0 Å². The van der Waals surface area contributed by atoms with Crippen molar-refractivity contribution >= 4 is 5.91 Å².